The molecule has 0 spiro atoms. The van der Waals surface area contributed by atoms with Gasteiger partial charge in [-0.1, -0.05) is 27.7 Å². The number of piperidine rings is 2. The van der Waals surface area contributed by atoms with Gasteiger partial charge in [-0.2, -0.15) is 5.26 Å². The molecule has 2 saturated heterocycles. The standard InChI is InChI=1S/C49H60N8O8/c1-26(2)55(25-29-12-14-54(15-13-29)40-24-52-36(23-53-40)42(51)59)30-18-32(19-30)64-39-21-34-33(20-38(39)63-9)43(60)56(44(34)61)37-10-11-41(58)57(45(37)62)46-48(5,6)47(49(46,7)8)65-31-16-27(3)35(22-50)28(4)17-31/h16-17,20-21,23-24,26,29-30,32,37,46-47H,10-15,18-19,25H2,1-9H3,(H2,51,59). The van der Waals surface area contributed by atoms with Crippen LogP contribution in [0.4, 0.5) is 5.82 Å². The molecule has 3 aromatic rings. The van der Waals surface area contributed by atoms with Crippen LogP contribution in [0.25, 0.3) is 0 Å². The Balaban J connectivity index is 0.911. The first kappa shape index (κ1) is 45.5. The predicted molar refractivity (Wildman–Crippen MR) is 240 cm³/mol. The summed E-state index contributed by atoms with van der Waals surface area (Å²) in [6.07, 6.45) is 6.07. The lowest BCUT2D eigenvalue weighted by Crippen LogP contribution is -2.77. The van der Waals surface area contributed by atoms with E-state index >= 15 is 0 Å². The van der Waals surface area contributed by atoms with E-state index in [-0.39, 0.29) is 41.7 Å². The number of nitrogens with zero attached hydrogens (tertiary/aromatic N) is 7. The summed E-state index contributed by atoms with van der Waals surface area (Å²) < 4.78 is 18.8. The zero-order valence-electron chi connectivity index (χ0n) is 38.8. The van der Waals surface area contributed by atoms with Crippen LogP contribution in [-0.2, 0) is 9.59 Å². The number of anilines is 1. The van der Waals surface area contributed by atoms with Gasteiger partial charge in [0.15, 0.2) is 11.5 Å². The number of benzene rings is 2. The van der Waals surface area contributed by atoms with Crippen molar-refractivity contribution in [2.45, 2.75) is 130 Å². The lowest BCUT2D eigenvalue weighted by Gasteiger charge is -2.66. The van der Waals surface area contributed by atoms with Crippen LogP contribution in [0, 0.1) is 41.9 Å². The van der Waals surface area contributed by atoms with E-state index in [4.69, 9.17) is 19.9 Å². The summed E-state index contributed by atoms with van der Waals surface area (Å²) in [7, 11) is 1.49. The third-order valence-corrected chi connectivity index (χ3v) is 14.6. The lowest BCUT2D eigenvalue weighted by molar-refractivity contribution is -0.216. The van der Waals surface area contributed by atoms with Crippen molar-refractivity contribution in [3.05, 3.63) is 70.2 Å². The second-order valence-electron chi connectivity index (χ2n) is 20.0. The third kappa shape index (κ3) is 7.95. The Labute approximate surface area is 380 Å². The smallest absolute Gasteiger partial charge is 0.268 e. The molecule has 5 amide bonds. The molecule has 4 heterocycles. The van der Waals surface area contributed by atoms with Crippen molar-refractivity contribution in [2.75, 3.05) is 31.6 Å². The molecule has 1 atom stereocenters. The number of rotatable bonds is 13. The number of aromatic nitrogens is 2. The quantitative estimate of drug-likeness (QED) is 0.208. The van der Waals surface area contributed by atoms with Gasteiger partial charge in [0.2, 0.25) is 5.91 Å². The molecule has 344 valence electrons. The fraction of sp³-hybridized carbons (Fsp3) is 0.551. The van der Waals surface area contributed by atoms with Gasteiger partial charge in [0.05, 0.1) is 48.3 Å². The molecule has 2 saturated carbocycles. The van der Waals surface area contributed by atoms with Gasteiger partial charge >= 0.3 is 0 Å². The van der Waals surface area contributed by atoms with Crippen molar-refractivity contribution >= 4 is 35.4 Å². The number of ether oxygens (including phenoxy) is 3. The first-order valence-corrected chi connectivity index (χ1v) is 22.7. The van der Waals surface area contributed by atoms with Crippen LogP contribution in [0.3, 0.4) is 0 Å². The van der Waals surface area contributed by atoms with E-state index < -0.39 is 52.6 Å². The average Bonchev–Trinajstić information content (AvgIpc) is 3.48. The number of nitrogens with two attached hydrogens (primary N) is 1. The number of imide groups is 2. The van der Waals surface area contributed by atoms with Crippen molar-refractivity contribution in [3.8, 4) is 23.3 Å². The number of primary amides is 1. The highest BCUT2D eigenvalue weighted by atomic mass is 16.5. The molecule has 2 aliphatic carbocycles. The molecular weight excluding hydrogens is 829 g/mol. The zero-order valence-corrected chi connectivity index (χ0v) is 38.8. The van der Waals surface area contributed by atoms with E-state index in [1.54, 1.807) is 12.3 Å². The molecule has 0 radical (unpaired) electrons. The Morgan fingerprint density at radius 3 is 2.05 bits per heavy atom. The van der Waals surface area contributed by atoms with Crippen molar-refractivity contribution in [2.24, 2.45) is 22.5 Å². The Morgan fingerprint density at radius 2 is 1.51 bits per heavy atom. The van der Waals surface area contributed by atoms with E-state index in [2.05, 4.69) is 39.7 Å². The normalized spacial score (nSPS) is 25.0. The van der Waals surface area contributed by atoms with Crippen LogP contribution in [0.5, 0.6) is 17.2 Å². The van der Waals surface area contributed by atoms with Gasteiger partial charge in [-0.05, 0) is 88.3 Å². The number of methoxy groups -OCH3 is 1. The number of fused-ring (bicyclic) bond motifs is 1. The Morgan fingerprint density at radius 1 is 0.892 bits per heavy atom. The minimum atomic E-state index is -1.17. The number of amides is 5. The van der Waals surface area contributed by atoms with Gasteiger partial charge in [0.1, 0.15) is 35.5 Å². The van der Waals surface area contributed by atoms with Crippen molar-refractivity contribution in [1.82, 2.24) is 24.7 Å². The summed E-state index contributed by atoms with van der Waals surface area (Å²) in [4.78, 5) is 83.7. The topological polar surface area (TPSA) is 202 Å². The van der Waals surface area contributed by atoms with Gasteiger partial charge < -0.3 is 24.8 Å². The van der Waals surface area contributed by atoms with Crippen molar-refractivity contribution in [3.63, 3.8) is 0 Å². The fourth-order valence-electron chi connectivity index (χ4n) is 11.6. The molecule has 3 aliphatic heterocycles. The minimum absolute atomic E-state index is 0.0115. The minimum Gasteiger partial charge on any atom is -0.493 e. The molecule has 4 fully saturated rings. The lowest BCUT2D eigenvalue weighted by atomic mass is 9.48. The number of hydrogen-bond acceptors (Lipinski definition) is 13. The summed E-state index contributed by atoms with van der Waals surface area (Å²) in [5.74, 6) is -0.231. The molecule has 16 nitrogen and oxygen atoms in total. The van der Waals surface area contributed by atoms with Gasteiger partial charge in [0, 0.05) is 61.8 Å². The first-order chi connectivity index (χ1) is 30.8. The van der Waals surface area contributed by atoms with E-state index in [1.165, 1.54) is 24.3 Å². The van der Waals surface area contributed by atoms with Crippen LogP contribution in [0.1, 0.15) is 128 Å². The summed E-state index contributed by atoms with van der Waals surface area (Å²) in [5, 5.41) is 9.57. The summed E-state index contributed by atoms with van der Waals surface area (Å²) in [6.45, 7) is 18.6. The van der Waals surface area contributed by atoms with Crippen molar-refractivity contribution < 1.29 is 38.2 Å². The molecule has 2 aromatic carbocycles. The summed E-state index contributed by atoms with van der Waals surface area (Å²) in [5.41, 5.74) is 6.53. The largest absolute Gasteiger partial charge is 0.493 e. The van der Waals surface area contributed by atoms with E-state index in [1.807, 2.05) is 53.7 Å². The molecule has 1 unspecified atom stereocenters. The number of aryl methyl sites for hydroxylation is 2. The molecule has 8 rings (SSSR count). The molecule has 1 aromatic heterocycles. The highest BCUT2D eigenvalue weighted by Crippen LogP contribution is 2.59. The van der Waals surface area contributed by atoms with E-state index in [9.17, 15) is 29.2 Å². The zero-order chi connectivity index (χ0) is 46.9. The van der Waals surface area contributed by atoms with Crippen LogP contribution < -0.4 is 24.8 Å². The van der Waals surface area contributed by atoms with Gasteiger partial charge in [-0.25, -0.2) is 9.97 Å². The predicted octanol–water partition coefficient (Wildman–Crippen LogP) is 5.61. The average molecular weight is 889 g/mol. The second-order valence-corrected chi connectivity index (χ2v) is 20.0. The maximum absolute atomic E-state index is 14.6. The van der Waals surface area contributed by atoms with Crippen LogP contribution in [-0.4, -0.2) is 117 Å². The summed E-state index contributed by atoms with van der Waals surface area (Å²) >= 11 is 0. The monoisotopic (exact) mass is 888 g/mol. The second kappa shape index (κ2) is 17.0. The molecule has 5 aliphatic rings. The Hall–Kier alpha value is -6.08. The van der Waals surface area contributed by atoms with Gasteiger partial charge in [-0.15, -0.1) is 0 Å². The molecule has 0 bridgehead atoms. The number of carbonyl (C=O) groups is 5. The van der Waals surface area contributed by atoms with Gasteiger partial charge in [-0.3, -0.25) is 38.7 Å². The highest BCUT2D eigenvalue weighted by Gasteiger charge is 2.68. The Bertz CT molecular complexity index is 2430. The SMILES string of the molecule is COc1cc2c(cc1OC1CC(N(CC3CCN(c4cnc(C(N)=O)cn4)CC3)C(C)C)C1)C(=O)N(C1CCC(=O)N(C3C(C)(C)C(Oc4cc(C)c(C#N)c(C)c4)C3(C)C)C1=O)C2=O. The molecule has 65 heavy (non-hydrogen) atoms. The third-order valence-electron chi connectivity index (χ3n) is 14.6. The number of likely N-dealkylation sites (tertiary alicyclic amines) is 1. The molecule has 2 N–H and O–H groups in total. The fourth-order valence-corrected chi connectivity index (χ4v) is 11.6. The van der Waals surface area contributed by atoms with Crippen LogP contribution in [0.2, 0.25) is 0 Å². The van der Waals surface area contributed by atoms with Crippen LogP contribution in [0.15, 0.2) is 36.7 Å². The van der Waals surface area contributed by atoms with Crippen molar-refractivity contribution in [1.29, 1.82) is 5.26 Å². The summed E-state index contributed by atoms with van der Waals surface area (Å²) in [6, 6.07) is 7.86. The molecular formula is C49H60N8O8. The van der Waals surface area contributed by atoms with Gasteiger partial charge in [0.25, 0.3) is 23.6 Å². The number of nitriles is 1. The number of carbonyl (C=O) groups excluding carboxylic acids is 5. The van der Waals surface area contributed by atoms with Crippen LogP contribution >= 0.6 is 0 Å². The Kier molecular flexibility index (Phi) is 11.9. The number of hydrogen-bond donors (Lipinski definition) is 1. The maximum atomic E-state index is 14.6. The first-order valence-electron chi connectivity index (χ1n) is 22.7. The van der Waals surface area contributed by atoms with E-state index in [0.717, 1.165) is 67.2 Å². The van der Waals surface area contributed by atoms with E-state index in [0.29, 0.717) is 40.8 Å². The molecule has 16 heteroatoms. The highest BCUT2D eigenvalue weighted by molar-refractivity contribution is 6.24. The maximum Gasteiger partial charge on any atom is 0.268 e.